The third kappa shape index (κ3) is 31.6. The van der Waals surface area contributed by atoms with Crippen LogP contribution in [0.2, 0.25) is 78.6 Å². The molecule has 1 rings (SSSR count). The van der Waals surface area contributed by atoms with Gasteiger partial charge in [-0.15, -0.1) is 12.1 Å². The van der Waals surface area contributed by atoms with Crippen LogP contribution in [0.25, 0.3) is 14.6 Å². The molecular weight excluding hydrogens is 627 g/mol. The minimum atomic E-state index is -1.11. The zero-order valence-corrected chi connectivity index (χ0v) is 34.0. The van der Waals surface area contributed by atoms with Gasteiger partial charge in [0.25, 0.3) is 0 Å². The maximum absolute atomic E-state index is 4.82. The molecule has 0 saturated carbocycles. The van der Waals surface area contributed by atoms with Crippen LogP contribution in [0.5, 0.6) is 0 Å². The molecule has 1 aliphatic rings. The minimum Gasteiger partial charge on any atom is -0.668 e. The summed E-state index contributed by atoms with van der Waals surface area (Å²) in [5.41, 5.74) is 0.166. The second kappa shape index (κ2) is 15.9. The van der Waals surface area contributed by atoms with Gasteiger partial charge in [-0.1, -0.05) is 132 Å². The number of hydrogen-bond donors (Lipinski definition) is 0. The molecule has 1 heterocycles. The Balaban J connectivity index is -0.000000466. The molecule has 0 aliphatic carbocycles. The summed E-state index contributed by atoms with van der Waals surface area (Å²) < 4.78 is 9.64. The SMILES string of the molecule is CC(C)(C)[N-]CCN1[C]N(C(C)(C)C)C=C1.C[Si](C)(C)[N-][Si](C)(C)C.C[Si](C)(C)[N-][Si](C)(C)C.[Nd+3]. The van der Waals surface area contributed by atoms with Crippen molar-refractivity contribution in [2.24, 2.45) is 0 Å². The van der Waals surface area contributed by atoms with Crippen LogP contribution in [-0.2, 0) is 0 Å². The molecule has 35 heavy (non-hydrogen) atoms. The van der Waals surface area contributed by atoms with Crippen LogP contribution in [0.4, 0.5) is 0 Å². The molecule has 0 N–H and O–H groups in total. The molecular formula is C25H60N5NdSi4. The van der Waals surface area contributed by atoms with E-state index in [1.165, 1.54) is 0 Å². The van der Waals surface area contributed by atoms with Gasteiger partial charge in [0.05, 0.1) is 0 Å². The van der Waals surface area contributed by atoms with Crippen LogP contribution >= 0.6 is 0 Å². The molecule has 0 fully saturated rings. The minimum absolute atomic E-state index is 0. The van der Waals surface area contributed by atoms with Gasteiger partial charge in [0, 0.05) is 24.5 Å². The summed E-state index contributed by atoms with van der Waals surface area (Å²) in [6.07, 6.45) is 4.13. The molecule has 10 heteroatoms. The normalized spacial score (nSPS) is 15.1. The zero-order valence-electron chi connectivity index (χ0n) is 26.8. The Labute approximate surface area is 259 Å². The average molecular weight is 687 g/mol. The van der Waals surface area contributed by atoms with E-state index in [0.29, 0.717) is 0 Å². The van der Waals surface area contributed by atoms with Crippen molar-refractivity contribution in [3.8, 4) is 0 Å². The molecule has 1 aliphatic heterocycles. The molecule has 0 saturated heterocycles. The summed E-state index contributed by atoms with van der Waals surface area (Å²) in [4.78, 5) is 4.17. The molecule has 0 aromatic carbocycles. The maximum atomic E-state index is 4.82. The van der Waals surface area contributed by atoms with E-state index in [-0.39, 0.29) is 51.9 Å². The predicted molar refractivity (Wildman–Crippen MR) is 169 cm³/mol. The first-order chi connectivity index (χ1) is 14.6. The van der Waals surface area contributed by atoms with E-state index in [0.717, 1.165) is 13.1 Å². The van der Waals surface area contributed by atoms with Gasteiger partial charge >= 0.3 is 40.8 Å². The van der Waals surface area contributed by atoms with Gasteiger partial charge in [0.2, 0.25) is 6.67 Å². The van der Waals surface area contributed by atoms with Crippen LogP contribution in [0.15, 0.2) is 12.4 Å². The van der Waals surface area contributed by atoms with Crippen LogP contribution < -0.4 is 0 Å². The Hall–Kier alpha value is 1.44. The van der Waals surface area contributed by atoms with Crippen LogP contribution in [0.3, 0.4) is 0 Å². The van der Waals surface area contributed by atoms with E-state index in [1.807, 2.05) is 0 Å². The Morgan fingerprint density at radius 3 is 1.17 bits per heavy atom. The standard InChI is InChI=1S/C13H24N3.2C6H18NSi2.Nd/c1-12(2,3)14-7-8-15-9-10-16(11-15)13(4,5)6;2*1-8(2,3)7-9(4,5)6;/h9-10H,7-8H2,1-6H3;2*1-6H3;/q3*-1;+3. The number of hydrogen-bond acceptors (Lipinski definition) is 2. The fraction of sp³-hybridized carbons (Fsp3) is 0.880. The van der Waals surface area contributed by atoms with Crippen molar-refractivity contribution in [3.63, 3.8) is 0 Å². The van der Waals surface area contributed by atoms with Crippen molar-refractivity contribution in [3.05, 3.63) is 33.7 Å². The third-order valence-corrected chi connectivity index (χ3v) is 14.4. The van der Waals surface area contributed by atoms with Gasteiger partial charge in [0.15, 0.2) is 0 Å². The summed E-state index contributed by atoms with van der Waals surface area (Å²) in [5, 5.41) is 4.57. The Bertz CT molecular complexity index is 540. The molecule has 0 atom stereocenters. The van der Waals surface area contributed by atoms with Crippen molar-refractivity contribution < 1.29 is 40.8 Å². The van der Waals surface area contributed by atoms with E-state index in [1.54, 1.807) is 0 Å². The summed E-state index contributed by atoms with van der Waals surface area (Å²) >= 11 is 0. The van der Waals surface area contributed by atoms with Crippen molar-refractivity contribution >= 4 is 32.9 Å². The predicted octanol–water partition coefficient (Wildman–Crippen LogP) is 9.10. The van der Waals surface area contributed by atoms with Crippen LogP contribution in [0, 0.1) is 47.5 Å². The smallest absolute Gasteiger partial charge is 0.668 e. The first kappa shape index (κ1) is 40.9. The third-order valence-electron chi connectivity index (χ3n) is 3.62. The second-order valence-electron chi connectivity index (χ2n) is 15.1. The zero-order chi connectivity index (χ0) is 27.8. The average Bonchev–Trinajstić information content (AvgIpc) is 2.87. The van der Waals surface area contributed by atoms with Gasteiger partial charge in [0.1, 0.15) is 0 Å². The van der Waals surface area contributed by atoms with Crippen LogP contribution in [-0.4, -0.2) is 66.9 Å². The van der Waals surface area contributed by atoms with Crippen molar-refractivity contribution in [2.75, 3.05) is 13.1 Å². The van der Waals surface area contributed by atoms with Crippen molar-refractivity contribution in [1.82, 2.24) is 9.80 Å². The topological polar surface area (TPSA) is 48.8 Å². The fourth-order valence-corrected chi connectivity index (χ4v) is 19.5. The summed E-state index contributed by atoms with van der Waals surface area (Å²) in [6, 6.07) is 0. The monoisotopic (exact) mass is 684 g/mol. The summed E-state index contributed by atoms with van der Waals surface area (Å²) in [5.74, 6) is 0. The van der Waals surface area contributed by atoms with Crippen LogP contribution in [0.1, 0.15) is 41.5 Å². The summed E-state index contributed by atoms with van der Waals surface area (Å²) in [6.45, 7) is 45.5. The van der Waals surface area contributed by atoms with Crippen molar-refractivity contribution in [1.29, 1.82) is 0 Å². The van der Waals surface area contributed by atoms with Gasteiger partial charge < -0.3 is 24.4 Å². The van der Waals surface area contributed by atoms with Gasteiger partial charge in [-0.2, -0.15) is 0 Å². The van der Waals surface area contributed by atoms with Gasteiger partial charge in [-0.3, -0.25) is 0 Å². The second-order valence-corrected chi connectivity index (χ2v) is 34.2. The molecule has 0 aromatic rings. The number of nitrogens with zero attached hydrogens (tertiary/aromatic N) is 5. The fourth-order valence-electron chi connectivity index (χ4n) is 3.36. The van der Waals surface area contributed by atoms with Gasteiger partial charge in [-0.25, -0.2) is 0 Å². The Kier molecular flexibility index (Phi) is 18.6. The molecule has 0 aromatic heterocycles. The number of rotatable bonds is 7. The molecule has 205 valence electrons. The van der Waals surface area contributed by atoms with E-state index in [9.17, 15) is 0 Å². The largest absolute Gasteiger partial charge is 3.00 e. The first-order valence-corrected chi connectivity index (χ1v) is 26.6. The molecule has 0 amide bonds. The maximum Gasteiger partial charge on any atom is 3.00 e. The summed E-state index contributed by atoms with van der Waals surface area (Å²) in [7, 11) is -4.42. The van der Waals surface area contributed by atoms with Gasteiger partial charge in [-0.05, 0) is 20.8 Å². The molecule has 0 bridgehead atoms. The van der Waals surface area contributed by atoms with E-state index in [2.05, 4.69) is 154 Å². The Morgan fingerprint density at radius 2 is 0.971 bits per heavy atom. The van der Waals surface area contributed by atoms with E-state index < -0.39 is 32.9 Å². The van der Waals surface area contributed by atoms with E-state index >= 15 is 0 Å². The Morgan fingerprint density at radius 1 is 0.629 bits per heavy atom. The first-order valence-electron chi connectivity index (χ1n) is 12.8. The molecule has 3 radical (unpaired) electrons. The molecule has 0 unspecified atom stereocenters. The molecule has 5 nitrogen and oxygen atoms in total. The molecule has 0 spiro atoms. The van der Waals surface area contributed by atoms with Crippen molar-refractivity contribution in [2.45, 2.75) is 131 Å². The quantitative estimate of drug-likeness (QED) is 0.251. The van der Waals surface area contributed by atoms with E-state index in [4.69, 9.17) is 9.30 Å².